The van der Waals surface area contributed by atoms with E-state index < -0.39 is 5.41 Å². The summed E-state index contributed by atoms with van der Waals surface area (Å²) in [6.45, 7) is 6.59. The van der Waals surface area contributed by atoms with Crippen molar-refractivity contribution in [1.82, 2.24) is 0 Å². The molecule has 10 rings (SSSR count). The number of fused-ring (bicyclic) bond motifs is 9. The molecule has 0 saturated heterocycles. The van der Waals surface area contributed by atoms with E-state index in [1.54, 1.807) is 0 Å². The van der Waals surface area contributed by atoms with Crippen molar-refractivity contribution in [1.29, 1.82) is 0 Å². The number of ether oxygens (including phenoxy) is 1. The predicted molar refractivity (Wildman–Crippen MR) is 237 cm³/mol. The number of nitrogens with zero attached hydrogens (tertiary/aromatic N) is 2. The van der Waals surface area contributed by atoms with Gasteiger partial charge in [0.15, 0.2) is 0 Å². The van der Waals surface area contributed by atoms with Crippen LogP contribution in [0.1, 0.15) is 23.6 Å². The molecule has 2 aliphatic rings. The van der Waals surface area contributed by atoms with E-state index in [2.05, 4.69) is 230 Å². The van der Waals surface area contributed by atoms with Gasteiger partial charge in [-0.1, -0.05) is 146 Å². The fourth-order valence-electron chi connectivity index (χ4n) is 9.05. The van der Waals surface area contributed by atoms with Gasteiger partial charge in [0.05, 0.1) is 5.41 Å². The number of para-hydroxylation sites is 4. The standard InChI is InChI=1S/C54H40N2O/c1-3-52-51(36-38(2)55(40-21-8-4-9-22-40)41-23-10-5-11-24-41)54(50-34-32-39-20-16-17-29-45(39)53(50)57-52)48-31-19-18-30-46(48)47-37-44(33-35-49(47)54)56(42-25-12-6-13-26-42)43-27-14-7-15-28-43/h3-37H,1H2,2H3/b38-36+. The Bertz CT molecular complexity index is 2770. The predicted octanol–water partition coefficient (Wildman–Crippen LogP) is 14.2. The van der Waals surface area contributed by atoms with Crippen LogP contribution in [0.15, 0.2) is 236 Å². The van der Waals surface area contributed by atoms with E-state index in [0.717, 1.165) is 67.6 Å². The average molecular weight is 733 g/mol. The minimum atomic E-state index is -0.726. The van der Waals surface area contributed by atoms with Gasteiger partial charge >= 0.3 is 0 Å². The Labute approximate surface area is 334 Å². The third kappa shape index (κ3) is 5.50. The summed E-state index contributed by atoms with van der Waals surface area (Å²) >= 11 is 0. The van der Waals surface area contributed by atoms with Crippen molar-refractivity contribution in [3.8, 4) is 16.9 Å². The Morgan fingerprint density at radius 3 is 1.67 bits per heavy atom. The van der Waals surface area contributed by atoms with Crippen LogP contribution in [0.4, 0.5) is 28.4 Å². The Kier molecular flexibility index (Phi) is 8.42. The fraction of sp³-hybridized carbons (Fsp3) is 0.0370. The highest BCUT2D eigenvalue weighted by Gasteiger charge is 2.52. The van der Waals surface area contributed by atoms with Crippen LogP contribution in [0.3, 0.4) is 0 Å². The van der Waals surface area contributed by atoms with Gasteiger partial charge in [-0.05, 0) is 107 Å². The van der Waals surface area contributed by atoms with Crippen LogP contribution < -0.4 is 14.5 Å². The third-order valence-corrected chi connectivity index (χ3v) is 11.4. The second-order valence-electron chi connectivity index (χ2n) is 14.6. The maximum Gasteiger partial charge on any atom is 0.140 e. The topological polar surface area (TPSA) is 15.7 Å². The van der Waals surface area contributed by atoms with Crippen LogP contribution in [0.2, 0.25) is 0 Å². The van der Waals surface area contributed by atoms with E-state index in [9.17, 15) is 0 Å². The van der Waals surface area contributed by atoms with Crippen LogP contribution in [-0.4, -0.2) is 0 Å². The van der Waals surface area contributed by atoms with Gasteiger partial charge in [-0.2, -0.15) is 0 Å². The number of rotatable bonds is 8. The molecule has 0 amide bonds. The van der Waals surface area contributed by atoms with Gasteiger partial charge in [0.1, 0.15) is 11.5 Å². The molecule has 1 heterocycles. The Balaban J connectivity index is 1.27. The molecule has 0 bridgehead atoms. The van der Waals surface area contributed by atoms with Gasteiger partial charge in [0.2, 0.25) is 0 Å². The molecule has 1 aliphatic carbocycles. The quantitative estimate of drug-likeness (QED) is 0.155. The lowest BCUT2D eigenvalue weighted by Crippen LogP contribution is -2.34. The first-order valence-corrected chi connectivity index (χ1v) is 19.5. The van der Waals surface area contributed by atoms with Gasteiger partial charge in [0.25, 0.3) is 0 Å². The average Bonchev–Trinajstić information content (AvgIpc) is 3.56. The number of hydrogen-bond donors (Lipinski definition) is 0. The second-order valence-corrected chi connectivity index (χ2v) is 14.6. The zero-order valence-corrected chi connectivity index (χ0v) is 31.7. The van der Waals surface area contributed by atoms with Gasteiger partial charge in [-0.15, -0.1) is 0 Å². The summed E-state index contributed by atoms with van der Waals surface area (Å²) < 4.78 is 7.08. The van der Waals surface area contributed by atoms with Crippen LogP contribution in [0, 0.1) is 0 Å². The van der Waals surface area contributed by atoms with Crippen molar-refractivity contribution in [3.63, 3.8) is 0 Å². The van der Waals surface area contributed by atoms with E-state index in [1.165, 1.54) is 22.3 Å². The lowest BCUT2D eigenvalue weighted by atomic mass is 9.65. The summed E-state index contributed by atoms with van der Waals surface area (Å²) in [7, 11) is 0. The molecule has 0 aromatic heterocycles. The van der Waals surface area contributed by atoms with Gasteiger partial charge in [-0.3, -0.25) is 0 Å². The minimum absolute atomic E-state index is 0.726. The largest absolute Gasteiger partial charge is 0.456 e. The lowest BCUT2D eigenvalue weighted by Gasteiger charge is -2.41. The normalized spacial score (nSPS) is 15.4. The molecule has 272 valence electrons. The van der Waals surface area contributed by atoms with E-state index in [-0.39, 0.29) is 0 Å². The van der Waals surface area contributed by atoms with Gasteiger partial charge in [0, 0.05) is 50.7 Å². The summed E-state index contributed by atoms with van der Waals surface area (Å²) in [6.07, 6.45) is 4.22. The molecule has 0 saturated carbocycles. The maximum absolute atomic E-state index is 7.08. The summed E-state index contributed by atoms with van der Waals surface area (Å²) in [5.41, 5.74) is 12.7. The molecule has 0 radical (unpaired) electrons. The molecule has 1 atom stereocenters. The lowest BCUT2D eigenvalue weighted by molar-refractivity contribution is 0.408. The molecular weight excluding hydrogens is 693 g/mol. The molecule has 57 heavy (non-hydrogen) atoms. The number of hydrogen-bond acceptors (Lipinski definition) is 3. The summed E-state index contributed by atoms with van der Waals surface area (Å²) in [6, 6.07) is 71.3. The van der Waals surface area contributed by atoms with E-state index >= 15 is 0 Å². The van der Waals surface area contributed by atoms with Crippen molar-refractivity contribution >= 4 is 39.2 Å². The molecule has 8 aromatic carbocycles. The Morgan fingerprint density at radius 1 is 0.509 bits per heavy atom. The van der Waals surface area contributed by atoms with Crippen molar-refractivity contribution in [2.24, 2.45) is 0 Å². The fourth-order valence-corrected chi connectivity index (χ4v) is 9.05. The van der Waals surface area contributed by atoms with E-state index in [0.29, 0.717) is 0 Å². The van der Waals surface area contributed by atoms with Gasteiger partial charge < -0.3 is 14.5 Å². The SMILES string of the molecule is C=CC1=C(/C=C(\C)N(c2ccccc2)c2ccccc2)C2(c3ccccc3-c3cc(N(c4ccccc4)c4ccccc4)ccc32)c2ccc3ccccc3c2O1. The zero-order valence-electron chi connectivity index (χ0n) is 31.7. The molecule has 1 unspecified atom stereocenters. The van der Waals surface area contributed by atoms with Crippen LogP contribution in [0.5, 0.6) is 5.75 Å². The molecule has 0 fully saturated rings. The molecule has 8 aromatic rings. The Morgan fingerprint density at radius 2 is 1.04 bits per heavy atom. The molecular formula is C54H40N2O. The molecule has 1 spiro atoms. The van der Waals surface area contributed by atoms with Crippen molar-refractivity contribution in [3.05, 3.63) is 253 Å². The first kappa shape index (κ1) is 34.2. The van der Waals surface area contributed by atoms with Crippen LogP contribution >= 0.6 is 0 Å². The highest BCUT2D eigenvalue weighted by atomic mass is 16.5. The van der Waals surface area contributed by atoms with Crippen LogP contribution in [0.25, 0.3) is 21.9 Å². The summed E-state index contributed by atoms with van der Waals surface area (Å²) in [5, 5.41) is 2.21. The number of benzene rings is 8. The Hall–Kier alpha value is -7.36. The molecule has 1 aliphatic heterocycles. The maximum atomic E-state index is 7.08. The zero-order chi connectivity index (χ0) is 38.3. The van der Waals surface area contributed by atoms with Crippen molar-refractivity contribution in [2.45, 2.75) is 12.3 Å². The highest BCUT2D eigenvalue weighted by molar-refractivity contribution is 5.96. The van der Waals surface area contributed by atoms with E-state index in [1.807, 2.05) is 6.08 Å². The van der Waals surface area contributed by atoms with Crippen molar-refractivity contribution < 1.29 is 4.74 Å². The van der Waals surface area contributed by atoms with Crippen molar-refractivity contribution in [2.75, 3.05) is 9.80 Å². The minimum Gasteiger partial charge on any atom is -0.456 e. The highest BCUT2D eigenvalue weighted by Crippen LogP contribution is 2.62. The third-order valence-electron chi connectivity index (χ3n) is 11.4. The smallest absolute Gasteiger partial charge is 0.140 e. The molecule has 3 heteroatoms. The number of allylic oxidation sites excluding steroid dienone is 4. The summed E-state index contributed by atoms with van der Waals surface area (Å²) in [5.74, 6) is 1.60. The number of anilines is 5. The first-order chi connectivity index (χ1) is 28.2. The molecule has 3 nitrogen and oxygen atoms in total. The van der Waals surface area contributed by atoms with Crippen LogP contribution in [-0.2, 0) is 5.41 Å². The molecule has 0 N–H and O–H groups in total. The first-order valence-electron chi connectivity index (χ1n) is 19.5. The monoisotopic (exact) mass is 732 g/mol. The van der Waals surface area contributed by atoms with E-state index in [4.69, 9.17) is 4.74 Å². The van der Waals surface area contributed by atoms with Gasteiger partial charge in [-0.25, -0.2) is 0 Å². The summed E-state index contributed by atoms with van der Waals surface area (Å²) in [4.78, 5) is 4.66. The second kappa shape index (κ2) is 14.1.